The third-order valence-electron chi connectivity index (χ3n) is 6.10. The van der Waals surface area contributed by atoms with Gasteiger partial charge in [0, 0.05) is 38.4 Å². The van der Waals surface area contributed by atoms with Crippen LogP contribution in [0.15, 0.2) is 42.0 Å². The minimum Gasteiger partial charge on any atom is -0.395 e. The van der Waals surface area contributed by atoms with Crippen molar-refractivity contribution in [3.8, 4) is 11.1 Å². The van der Waals surface area contributed by atoms with E-state index in [0.717, 1.165) is 47.7 Å². The van der Waals surface area contributed by atoms with Crippen LogP contribution in [0.1, 0.15) is 18.9 Å². The Bertz CT molecular complexity index is 1020. The van der Waals surface area contributed by atoms with Crippen LogP contribution in [-0.2, 0) is 4.74 Å². The molecule has 1 fully saturated rings. The summed E-state index contributed by atoms with van der Waals surface area (Å²) in [5.41, 5.74) is 5.21. The Kier molecular flexibility index (Phi) is 7.47. The highest BCUT2D eigenvalue weighted by atomic mass is 16.5. The number of aliphatic hydroxyl groups excluding tert-OH is 1. The van der Waals surface area contributed by atoms with Gasteiger partial charge in [0.1, 0.15) is 11.6 Å². The molecule has 33 heavy (non-hydrogen) atoms. The lowest BCUT2D eigenvalue weighted by atomic mass is 10.00. The number of morpholine rings is 1. The summed E-state index contributed by atoms with van der Waals surface area (Å²) in [6.07, 6.45) is 3.10. The summed E-state index contributed by atoms with van der Waals surface area (Å²) in [5.74, 6) is 1.59. The molecule has 2 amide bonds. The Morgan fingerprint density at radius 2 is 2.03 bits per heavy atom. The quantitative estimate of drug-likeness (QED) is 0.559. The van der Waals surface area contributed by atoms with E-state index in [1.165, 1.54) is 5.57 Å². The highest BCUT2D eigenvalue weighted by Crippen LogP contribution is 2.31. The molecule has 8 heteroatoms. The van der Waals surface area contributed by atoms with E-state index in [1.54, 1.807) is 0 Å². The van der Waals surface area contributed by atoms with Gasteiger partial charge < -0.3 is 30.3 Å². The number of ether oxygens (including phenoxy) is 1. The lowest BCUT2D eigenvalue weighted by Crippen LogP contribution is -2.36. The van der Waals surface area contributed by atoms with Gasteiger partial charge >= 0.3 is 6.03 Å². The molecule has 3 N–H and O–H groups in total. The van der Waals surface area contributed by atoms with E-state index in [2.05, 4.69) is 41.5 Å². The first kappa shape index (κ1) is 23.1. The number of rotatable bonds is 7. The van der Waals surface area contributed by atoms with Crippen LogP contribution in [0.3, 0.4) is 0 Å². The van der Waals surface area contributed by atoms with Gasteiger partial charge in [0.25, 0.3) is 0 Å². The number of aromatic nitrogens is 1. The van der Waals surface area contributed by atoms with Crippen LogP contribution in [0.4, 0.5) is 22.1 Å². The smallest absolute Gasteiger partial charge is 0.322 e. The Morgan fingerprint density at radius 1 is 1.21 bits per heavy atom. The second kappa shape index (κ2) is 10.7. The minimum absolute atomic E-state index is 0.0322. The number of anilines is 3. The minimum atomic E-state index is -0.0847. The molecule has 8 nitrogen and oxygen atoms in total. The van der Waals surface area contributed by atoms with Crippen molar-refractivity contribution in [3.05, 3.63) is 47.5 Å². The lowest BCUT2D eigenvalue weighted by Gasteiger charge is -2.28. The van der Waals surface area contributed by atoms with Gasteiger partial charge in [-0.2, -0.15) is 0 Å². The maximum Gasteiger partial charge on any atom is 0.322 e. The van der Waals surface area contributed by atoms with Crippen molar-refractivity contribution in [2.45, 2.75) is 20.3 Å². The number of nitrogens with one attached hydrogen (secondary N) is 2. The monoisotopic (exact) mass is 451 g/mol. The fourth-order valence-electron chi connectivity index (χ4n) is 4.14. The number of nitrogens with zero attached hydrogens (tertiary/aromatic N) is 3. The van der Waals surface area contributed by atoms with Crippen molar-refractivity contribution in [1.29, 1.82) is 0 Å². The summed E-state index contributed by atoms with van der Waals surface area (Å²) in [4.78, 5) is 21.5. The van der Waals surface area contributed by atoms with E-state index in [1.807, 2.05) is 29.2 Å². The maximum absolute atomic E-state index is 12.8. The molecule has 1 aromatic heterocycles. The third-order valence-corrected chi connectivity index (χ3v) is 6.10. The molecule has 4 rings (SSSR count). The molecule has 0 saturated carbocycles. The molecular formula is C25H33N5O3. The molecule has 2 aliphatic heterocycles. The molecule has 0 spiro atoms. The molecule has 1 saturated heterocycles. The molecule has 2 aliphatic rings. The van der Waals surface area contributed by atoms with Crippen LogP contribution in [0.2, 0.25) is 0 Å². The summed E-state index contributed by atoms with van der Waals surface area (Å²) in [7, 11) is 0. The molecule has 0 unspecified atom stereocenters. The van der Waals surface area contributed by atoms with Crippen molar-refractivity contribution >= 4 is 23.4 Å². The third kappa shape index (κ3) is 5.64. The maximum atomic E-state index is 12.8. The highest BCUT2D eigenvalue weighted by molar-refractivity contribution is 5.91. The predicted octanol–water partition coefficient (Wildman–Crippen LogP) is 3.48. The second-order valence-electron chi connectivity index (χ2n) is 8.41. The summed E-state index contributed by atoms with van der Waals surface area (Å²) in [5, 5.41) is 15.5. The van der Waals surface area contributed by atoms with E-state index >= 15 is 0 Å². The van der Waals surface area contributed by atoms with Gasteiger partial charge in [-0.1, -0.05) is 24.6 Å². The SMILES string of the molecule is CCC1=CCN(C(=O)Nc2ccc(C)c(-c3cc(NCCO)nc(N4CCOCC4)c3)c2)C1. The van der Waals surface area contributed by atoms with Crippen LogP contribution in [0, 0.1) is 6.92 Å². The zero-order valence-corrected chi connectivity index (χ0v) is 19.4. The summed E-state index contributed by atoms with van der Waals surface area (Å²) < 4.78 is 5.49. The molecule has 176 valence electrons. The van der Waals surface area contributed by atoms with E-state index in [0.29, 0.717) is 38.7 Å². The fraction of sp³-hybridized carbons (Fsp3) is 0.440. The number of benzene rings is 1. The standard InChI is InChI=1S/C25H33N5O3/c1-3-19-6-8-30(17-19)25(32)27-21-5-4-18(2)22(16-21)20-14-23(26-7-11-31)28-24(15-20)29-9-12-33-13-10-29/h4-6,14-16,31H,3,7-13,17H2,1-2H3,(H,26,28)(H,27,32). The average Bonchev–Trinajstić information content (AvgIpc) is 3.34. The van der Waals surface area contributed by atoms with Crippen molar-refractivity contribution < 1.29 is 14.6 Å². The number of hydrogen-bond acceptors (Lipinski definition) is 6. The largest absolute Gasteiger partial charge is 0.395 e. The highest BCUT2D eigenvalue weighted by Gasteiger charge is 2.19. The topological polar surface area (TPSA) is 90.0 Å². The van der Waals surface area contributed by atoms with Crippen molar-refractivity contribution in [2.75, 3.05) is 68.1 Å². The number of pyridine rings is 1. The van der Waals surface area contributed by atoms with Crippen LogP contribution in [-0.4, -0.2) is 73.6 Å². The van der Waals surface area contributed by atoms with Crippen LogP contribution < -0.4 is 15.5 Å². The van der Waals surface area contributed by atoms with Gasteiger partial charge in [-0.05, 0) is 54.3 Å². The molecule has 0 atom stereocenters. The summed E-state index contributed by atoms with van der Waals surface area (Å²) >= 11 is 0. The number of carbonyl (C=O) groups excluding carboxylic acids is 1. The van der Waals surface area contributed by atoms with Crippen molar-refractivity contribution in [2.24, 2.45) is 0 Å². The van der Waals surface area contributed by atoms with E-state index in [9.17, 15) is 9.90 Å². The Hall–Kier alpha value is -3.10. The normalized spacial score (nSPS) is 16.0. The van der Waals surface area contributed by atoms with E-state index < -0.39 is 0 Å². The van der Waals surface area contributed by atoms with E-state index in [-0.39, 0.29) is 12.6 Å². The second-order valence-corrected chi connectivity index (χ2v) is 8.41. The molecule has 0 radical (unpaired) electrons. The molecule has 2 aromatic rings. The molecule has 0 aliphatic carbocycles. The average molecular weight is 452 g/mol. The van der Waals surface area contributed by atoms with Crippen molar-refractivity contribution in [3.63, 3.8) is 0 Å². The number of aryl methyl sites for hydroxylation is 1. The zero-order chi connectivity index (χ0) is 23.2. The summed E-state index contributed by atoms with van der Waals surface area (Å²) in [6.45, 7) is 8.91. The van der Waals surface area contributed by atoms with Gasteiger partial charge in [0.05, 0.1) is 19.8 Å². The first-order valence-corrected chi connectivity index (χ1v) is 11.6. The lowest BCUT2D eigenvalue weighted by molar-refractivity contribution is 0.122. The van der Waals surface area contributed by atoms with E-state index in [4.69, 9.17) is 9.72 Å². The number of amides is 2. The van der Waals surface area contributed by atoms with Gasteiger partial charge in [0.2, 0.25) is 0 Å². The van der Waals surface area contributed by atoms with Crippen LogP contribution >= 0.6 is 0 Å². The molecule has 0 bridgehead atoms. The Balaban J connectivity index is 1.60. The predicted molar refractivity (Wildman–Crippen MR) is 132 cm³/mol. The first-order valence-electron chi connectivity index (χ1n) is 11.6. The number of hydrogen-bond donors (Lipinski definition) is 3. The number of aliphatic hydroxyl groups is 1. The fourth-order valence-corrected chi connectivity index (χ4v) is 4.14. The Morgan fingerprint density at radius 3 is 2.76 bits per heavy atom. The zero-order valence-electron chi connectivity index (χ0n) is 19.4. The van der Waals surface area contributed by atoms with Gasteiger partial charge in [0.15, 0.2) is 0 Å². The molecule has 3 heterocycles. The number of urea groups is 1. The van der Waals surface area contributed by atoms with Gasteiger partial charge in [-0.3, -0.25) is 0 Å². The first-order chi connectivity index (χ1) is 16.1. The van der Waals surface area contributed by atoms with Gasteiger partial charge in [-0.25, -0.2) is 9.78 Å². The Labute approximate surface area is 195 Å². The molecule has 1 aromatic carbocycles. The summed E-state index contributed by atoms with van der Waals surface area (Å²) in [6, 6.07) is 9.98. The number of carbonyl (C=O) groups is 1. The van der Waals surface area contributed by atoms with Crippen LogP contribution in [0.5, 0.6) is 0 Å². The van der Waals surface area contributed by atoms with Crippen molar-refractivity contribution in [1.82, 2.24) is 9.88 Å². The van der Waals surface area contributed by atoms with Crippen LogP contribution in [0.25, 0.3) is 11.1 Å². The van der Waals surface area contributed by atoms with Gasteiger partial charge in [-0.15, -0.1) is 0 Å². The molecular weight excluding hydrogens is 418 g/mol.